The van der Waals surface area contributed by atoms with Crippen LogP contribution >= 0.6 is 0 Å². The van der Waals surface area contributed by atoms with Crippen LogP contribution in [0.15, 0.2) is 12.8 Å². The highest BCUT2D eigenvalue weighted by atomic mass is 28.4. The fraction of sp³-hybridized carbons (Fsp3) is 0.909. The Morgan fingerprint density at radius 1 is 0.548 bits per heavy atom. The predicted molar refractivity (Wildman–Crippen MR) is 124 cm³/mol. The Labute approximate surface area is 190 Å². The van der Waals surface area contributed by atoms with Crippen molar-refractivity contribution in [2.45, 2.75) is 38.9 Å². The van der Waals surface area contributed by atoms with Crippen LogP contribution in [0, 0.1) is 0 Å². The Bertz CT molecular complexity index is 401. The van der Waals surface area contributed by atoms with Crippen LogP contribution in [-0.4, -0.2) is 101 Å². The molecule has 0 heterocycles. The van der Waals surface area contributed by atoms with Crippen LogP contribution in [0.4, 0.5) is 0 Å². The fourth-order valence-electron chi connectivity index (χ4n) is 1.96. The van der Waals surface area contributed by atoms with E-state index in [1.165, 1.54) is 6.26 Å². The summed E-state index contributed by atoms with van der Waals surface area (Å²) in [5.74, 6) is 0. The Kier molecular flexibility index (Phi) is 19.8. The van der Waals surface area contributed by atoms with Gasteiger partial charge in [-0.25, -0.2) is 0 Å². The van der Waals surface area contributed by atoms with Crippen molar-refractivity contribution in [2.75, 3.05) is 92.5 Å². The maximum atomic E-state index is 6.06. The molecule has 0 spiro atoms. The average Bonchev–Trinajstić information content (AvgIpc) is 2.71. The lowest BCUT2D eigenvalue weighted by molar-refractivity contribution is -0.0194. The van der Waals surface area contributed by atoms with Gasteiger partial charge in [0.25, 0.3) is 0 Å². The van der Waals surface area contributed by atoms with Gasteiger partial charge >= 0.3 is 0 Å². The van der Waals surface area contributed by atoms with Gasteiger partial charge in [-0.3, -0.25) is 0 Å². The Morgan fingerprint density at radius 2 is 0.839 bits per heavy atom. The van der Waals surface area contributed by atoms with Crippen molar-refractivity contribution in [1.82, 2.24) is 0 Å². The molecule has 0 aromatic heterocycles. The Hall–Kier alpha value is -0.523. The molecular weight excluding hydrogens is 420 g/mol. The molecule has 8 nitrogen and oxygen atoms in total. The summed E-state index contributed by atoms with van der Waals surface area (Å²) in [6.45, 7) is 22.4. The second kappa shape index (κ2) is 20.1. The minimum atomic E-state index is -1.68. The maximum absolute atomic E-state index is 6.06. The highest BCUT2D eigenvalue weighted by molar-refractivity contribution is 6.74. The van der Waals surface area contributed by atoms with Crippen LogP contribution in [0.5, 0.6) is 0 Å². The van der Waals surface area contributed by atoms with Gasteiger partial charge in [0, 0.05) is 0 Å². The molecule has 31 heavy (non-hydrogen) atoms. The maximum Gasteiger partial charge on any atom is 0.192 e. The summed E-state index contributed by atoms with van der Waals surface area (Å²) in [5, 5.41) is 0.228. The van der Waals surface area contributed by atoms with Crippen molar-refractivity contribution < 1.29 is 37.6 Å². The summed E-state index contributed by atoms with van der Waals surface area (Å²) in [5.41, 5.74) is 0. The molecule has 0 saturated carbocycles. The van der Waals surface area contributed by atoms with Gasteiger partial charge in [0.2, 0.25) is 0 Å². The normalized spacial score (nSPS) is 12.3. The molecule has 0 aromatic rings. The number of hydrogen-bond acceptors (Lipinski definition) is 8. The molecule has 0 aliphatic heterocycles. The second-order valence-corrected chi connectivity index (χ2v) is 13.1. The lowest BCUT2D eigenvalue weighted by Gasteiger charge is -2.36. The summed E-state index contributed by atoms with van der Waals surface area (Å²) in [6, 6.07) is 0. The summed E-state index contributed by atoms with van der Waals surface area (Å²) in [6.07, 6.45) is 1.40. The van der Waals surface area contributed by atoms with Gasteiger partial charge in [0.1, 0.15) is 6.61 Å². The summed E-state index contributed by atoms with van der Waals surface area (Å²) >= 11 is 0. The summed E-state index contributed by atoms with van der Waals surface area (Å²) in [4.78, 5) is 0. The monoisotopic (exact) mass is 466 g/mol. The summed E-state index contributed by atoms with van der Waals surface area (Å²) in [7, 11) is -1.68. The zero-order chi connectivity index (χ0) is 23.3. The van der Waals surface area contributed by atoms with Crippen molar-refractivity contribution in [1.29, 1.82) is 0 Å². The van der Waals surface area contributed by atoms with E-state index >= 15 is 0 Å². The molecule has 0 aliphatic rings. The zero-order valence-corrected chi connectivity index (χ0v) is 21.4. The van der Waals surface area contributed by atoms with Crippen molar-refractivity contribution in [3.63, 3.8) is 0 Å². The second-order valence-electron chi connectivity index (χ2n) is 8.32. The van der Waals surface area contributed by atoms with Gasteiger partial charge in [-0.1, -0.05) is 27.4 Å². The molecule has 9 heteroatoms. The van der Waals surface area contributed by atoms with E-state index in [1.807, 2.05) is 0 Å². The molecule has 0 aliphatic carbocycles. The molecule has 0 atom stereocenters. The van der Waals surface area contributed by atoms with E-state index in [4.69, 9.17) is 37.6 Å². The molecule has 186 valence electrons. The predicted octanol–water partition coefficient (Wildman–Crippen LogP) is 3.27. The highest BCUT2D eigenvalue weighted by Gasteiger charge is 2.36. The Morgan fingerprint density at radius 3 is 1.13 bits per heavy atom. The number of ether oxygens (including phenoxy) is 7. The van der Waals surface area contributed by atoms with E-state index in [1.54, 1.807) is 0 Å². The standard InChI is InChI=1S/C22H46O8Si/c1-7-23-8-9-24-10-11-25-12-13-26-14-15-27-16-17-28-18-19-29-20-21-30-31(5,6)22(2,3)4/h7H,1,8-21H2,2-6H3. The largest absolute Gasteiger partial charge is 0.499 e. The third kappa shape index (κ3) is 19.9. The smallest absolute Gasteiger partial charge is 0.192 e. The molecule has 0 bridgehead atoms. The molecule has 0 saturated heterocycles. The molecule has 0 N–H and O–H groups in total. The third-order valence-electron chi connectivity index (χ3n) is 4.82. The minimum absolute atomic E-state index is 0.228. The quantitative estimate of drug-likeness (QED) is 0.129. The first-order valence-corrected chi connectivity index (χ1v) is 14.0. The van der Waals surface area contributed by atoms with Gasteiger partial charge in [0.05, 0.1) is 92.2 Å². The highest BCUT2D eigenvalue weighted by Crippen LogP contribution is 2.36. The van der Waals surface area contributed by atoms with Crippen LogP contribution in [0.3, 0.4) is 0 Å². The van der Waals surface area contributed by atoms with E-state index < -0.39 is 8.32 Å². The molecule has 0 radical (unpaired) electrons. The van der Waals surface area contributed by atoms with E-state index in [-0.39, 0.29) is 5.04 Å². The number of rotatable bonds is 23. The molecule has 0 aromatic carbocycles. The van der Waals surface area contributed by atoms with Crippen LogP contribution < -0.4 is 0 Å². The first-order valence-electron chi connectivity index (χ1n) is 11.1. The van der Waals surface area contributed by atoms with Crippen molar-refractivity contribution >= 4 is 8.32 Å². The van der Waals surface area contributed by atoms with Crippen LogP contribution in [0.2, 0.25) is 18.1 Å². The van der Waals surface area contributed by atoms with Crippen LogP contribution in [0.25, 0.3) is 0 Å². The van der Waals surface area contributed by atoms with E-state index in [0.717, 1.165) is 0 Å². The molecular formula is C22H46O8Si. The molecule has 0 rings (SSSR count). The van der Waals surface area contributed by atoms with Gasteiger partial charge in [0.15, 0.2) is 8.32 Å². The van der Waals surface area contributed by atoms with Crippen molar-refractivity contribution in [2.24, 2.45) is 0 Å². The van der Waals surface area contributed by atoms with Gasteiger partial charge < -0.3 is 37.6 Å². The van der Waals surface area contributed by atoms with Crippen molar-refractivity contribution in [3.05, 3.63) is 12.8 Å². The number of hydrogen-bond donors (Lipinski definition) is 0. The lowest BCUT2D eigenvalue weighted by Crippen LogP contribution is -2.41. The van der Waals surface area contributed by atoms with Gasteiger partial charge in [-0.15, -0.1) is 0 Å². The first kappa shape index (κ1) is 30.5. The fourth-order valence-corrected chi connectivity index (χ4v) is 2.99. The molecule has 0 fully saturated rings. The van der Waals surface area contributed by atoms with Crippen molar-refractivity contribution in [3.8, 4) is 0 Å². The summed E-state index contributed by atoms with van der Waals surface area (Å²) < 4.78 is 43.6. The van der Waals surface area contributed by atoms with E-state index in [9.17, 15) is 0 Å². The SMILES string of the molecule is C=COCCOCCOCCOCCOCCOCCOCCO[Si](C)(C)C(C)(C)C. The van der Waals surface area contributed by atoms with Gasteiger partial charge in [-0.05, 0) is 18.1 Å². The topological polar surface area (TPSA) is 73.8 Å². The lowest BCUT2D eigenvalue weighted by atomic mass is 10.2. The average molecular weight is 467 g/mol. The molecule has 0 unspecified atom stereocenters. The first-order chi connectivity index (χ1) is 14.8. The van der Waals surface area contributed by atoms with Crippen LogP contribution in [0.1, 0.15) is 20.8 Å². The molecule has 0 amide bonds. The Balaban J connectivity index is 3.17. The van der Waals surface area contributed by atoms with Crippen LogP contribution in [-0.2, 0) is 37.6 Å². The van der Waals surface area contributed by atoms with E-state index in [2.05, 4.69) is 40.4 Å². The van der Waals surface area contributed by atoms with E-state index in [0.29, 0.717) is 92.5 Å². The zero-order valence-electron chi connectivity index (χ0n) is 20.4. The minimum Gasteiger partial charge on any atom is -0.499 e. The van der Waals surface area contributed by atoms with Gasteiger partial charge in [-0.2, -0.15) is 0 Å². The third-order valence-corrected chi connectivity index (χ3v) is 9.36.